The molecule has 12 heavy (non-hydrogen) atoms. The van der Waals surface area contributed by atoms with Crippen LogP contribution in [0.1, 0.15) is 33.1 Å². The molecule has 1 fully saturated rings. The van der Waals surface area contributed by atoms with E-state index in [1.165, 1.54) is 0 Å². The first kappa shape index (κ1) is 10.0. The van der Waals surface area contributed by atoms with E-state index in [9.17, 15) is 4.39 Å². The van der Waals surface area contributed by atoms with Crippen LogP contribution in [-0.2, 0) is 0 Å². The molecule has 0 aliphatic carbocycles. The molecule has 0 aromatic carbocycles. The summed E-state index contributed by atoms with van der Waals surface area (Å²) in [5.74, 6) is 0. The SMILES string of the molecule is [B]C1(F)CCCN(C(C)C)CC1. The van der Waals surface area contributed by atoms with Crippen LogP contribution in [0.15, 0.2) is 0 Å². The lowest BCUT2D eigenvalue weighted by atomic mass is 9.78. The predicted molar refractivity (Wildman–Crippen MR) is 50.2 cm³/mol. The van der Waals surface area contributed by atoms with Gasteiger partial charge in [-0.05, 0) is 39.7 Å². The summed E-state index contributed by atoms with van der Waals surface area (Å²) in [4.78, 5) is 2.29. The highest BCUT2D eigenvalue weighted by molar-refractivity contribution is 6.14. The second-order valence-corrected chi connectivity index (χ2v) is 4.02. The lowest BCUT2D eigenvalue weighted by Crippen LogP contribution is -2.33. The summed E-state index contributed by atoms with van der Waals surface area (Å²) in [5, 5.41) is 0. The van der Waals surface area contributed by atoms with E-state index < -0.39 is 5.57 Å². The van der Waals surface area contributed by atoms with E-state index in [4.69, 9.17) is 7.85 Å². The third-order valence-corrected chi connectivity index (χ3v) is 2.58. The molecule has 1 aliphatic rings. The van der Waals surface area contributed by atoms with Gasteiger partial charge in [-0.15, -0.1) is 0 Å². The molecule has 0 bridgehead atoms. The van der Waals surface area contributed by atoms with Gasteiger partial charge in [-0.3, -0.25) is 4.39 Å². The van der Waals surface area contributed by atoms with Crippen molar-refractivity contribution in [1.82, 2.24) is 4.90 Å². The van der Waals surface area contributed by atoms with Gasteiger partial charge in [0, 0.05) is 12.6 Å². The van der Waals surface area contributed by atoms with E-state index >= 15 is 0 Å². The number of rotatable bonds is 1. The molecule has 1 nitrogen and oxygen atoms in total. The van der Waals surface area contributed by atoms with Gasteiger partial charge in [0.25, 0.3) is 0 Å². The molecule has 1 saturated heterocycles. The fraction of sp³-hybridized carbons (Fsp3) is 1.00. The highest BCUT2D eigenvalue weighted by atomic mass is 19.1. The van der Waals surface area contributed by atoms with Crippen LogP contribution >= 0.6 is 0 Å². The molecule has 68 valence electrons. The molecule has 0 aromatic heterocycles. The highest BCUT2D eigenvalue weighted by Crippen LogP contribution is 2.23. The Kier molecular flexibility index (Phi) is 3.16. The number of alkyl halides is 1. The quantitative estimate of drug-likeness (QED) is 0.540. The molecule has 1 unspecified atom stereocenters. The van der Waals surface area contributed by atoms with Crippen LogP contribution in [0, 0.1) is 0 Å². The van der Waals surface area contributed by atoms with Crippen LogP contribution in [0.25, 0.3) is 0 Å². The fourth-order valence-corrected chi connectivity index (χ4v) is 1.66. The minimum absolute atomic E-state index is 0.477. The van der Waals surface area contributed by atoms with Crippen molar-refractivity contribution < 1.29 is 4.39 Å². The van der Waals surface area contributed by atoms with Crippen LogP contribution in [-0.4, -0.2) is 37.4 Å². The molecule has 0 amide bonds. The summed E-state index contributed by atoms with van der Waals surface area (Å²) in [6.07, 6.45) is 1.87. The van der Waals surface area contributed by atoms with Crippen molar-refractivity contribution in [3.8, 4) is 0 Å². The summed E-state index contributed by atoms with van der Waals surface area (Å²) in [6.45, 7) is 6.06. The first-order valence-corrected chi connectivity index (χ1v) is 4.73. The van der Waals surface area contributed by atoms with Gasteiger partial charge in [0.05, 0.1) is 5.57 Å². The molecule has 3 heteroatoms. The summed E-state index contributed by atoms with van der Waals surface area (Å²) >= 11 is 0. The second-order valence-electron chi connectivity index (χ2n) is 4.02. The Labute approximate surface area is 75.7 Å². The Morgan fingerprint density at radius 3 is 2.58 bits per heavy atom. The molecule has 0 N–H and O–H groups in total. The van der Waals surface area contributed by atoms with Gasteiger partial charge in [-0.2, -0.15) is 0 Å². The number of halogens is 1. The Balaban J connectivity index is 2.45. The van der Waals surface area contributed by atoms with E-state index in [2.05, 4.69) is 18.7 Å². The molecule has 1 heterocycles. The minimum atomic E-state index is -1.41. The van der Waals surface area contributed by atoms with E-state index in [0.29, 0.717) is 18.9 Å². The molecule has 0 aromatic rings. The maximum absolute atomic E-state index is 13.3. The van der Waals surface area contributed by atoms with Crippen molar-refractivity contribution in [3.05, 3.63) is 0 Å². The van der Waals surface area contributed by atoms with E-state index in [1.807, 2.05) is 0 Å². The molecule has 1 aliphatic heterocycles. The second kappa shape index (κ2) is 3.78. The van der Waals surface area contributed by atoms with Crippen LogP contribution in [0.5, 0.6) is 0 Å². The summed E-state index contributed by atoms with van der Waals surface area (Å²) < 4.78 is 13.3. The lowest BCUT2D eigenvalue weighted by molar-refractivity contribution is 0.208. The van der Waals surface area contributed by atoms with Crippen molar-refractivity contribution >= 4 is 7.85 Å². The van der Waals surface area contributed by atoms with Crippen molar-refractivity contribution in [2.75, 3.05) is 13.1 Å². The van der Waals surface area contributed by atoms with Gasteiger partial charge in [0.2, 0.25) is 0 Å². The van der Waals surface area contributed by atoms with Gasteiger partial charge >= 0.3 is 0 Å². The predicted octanol–water partition coefficient (Wildman–Crippen LogP) is 1.72. The zero-order valence-corrected chi connectivity index (χ0v) is 8.02. The van der Waals surface area contributed by atoms with Gasteiger partial charge < -0.3 is 4.90 Å². The van der Waals surface area contributed by atoms with Crippen molar-refractivity contribution in [2.24, 2.45) is 0 Å². The monoisotopic (exact) mass is 169 g/mol. The smallest absolute Gasteiger partial charge is 0.121 e. The zero-order chi connectivity index (χ0) is 9.19. The summed E-state index contributed by atoms with van der Waals surface area (Å²) in [6, 6.07) is 0.513. The third-order valence-electron chi connectivity index (χ3n) is 2.58. The lowest BCUT2D eigenvalue weighted by Gasteiger charge is -2.24. The van der Waals surface area contributed by atoms with E-state index in [-0.39, 0.29) is 0 Å². The minimum Gasteiger partial charge on any atom is -0.301 e. The molecule has 1 rings (SSSR count). The van der Waals surface area contributed by atoms with Crippen LogP contribution < -0.4 is 0 Å². The first-order chi connectivity index (χ1) is 5.51. The van der Waals surface area contributed by atoms with E-state index in [1.54, 1.807) is 0 Å². The van der Waals surface area contributed by atoms with Crippen molar-refractivity contribution in [1.29, 1.82) is 0 Å². The average Bonchev–Trinajstić information content (AvgIpc) is 2.10. The number of likely N-dealkylation sites (tertiary alicyclic amines) is 1. The Morgan fingerprint density at radius 1 is 1.33 bits per heavy atom. The third kappa shape index (κ3) is 2.78. The number of hydrogen-bond donors (Lipinski definition) is 0. The van der Waals surface area contributed by atoms with Gasteiger partial charge in [-0.1, -0.05) is 0 Å². The molecule has 0 saturated carbocycles. The van der Waals surface area contributed by atoms with Crippen LogP contribution in [0.3, 0.4) is 0 Å². The Hall–Kier alpha value is -0.0451. The Bertz CT molecular complexity index is 147. The topological polar surface area (TPSA) is 3.24 Å². The van der Waals surface area contributed by atoms with Crippen LogP contribution in [0.2, 0.25) is 0 Å². The van der Waals surface area contributed by atoms with Gasteiger partial charge in [0.15, 0.2) is 0 Å². The maximum Gasteiger partial charge on any atom is 0.121 e. The normalized spacial score (nSPS) is 33.7. The molecule has 0 spiro atoms. The van der Waals surface area contributed by atoms with Gasteiger partial charge in [-0.25, -0.2) is 0 Å². The molecular weight excluding hydrogens is 152 g/mol. The van der Waals surface area contributed by atoms with Gasteiger partial charge in [0.1, 0.15) is 7.85 Å². The first-order valence-electron chi connectivity index (χ1n) is 4.73. The average molecular weight is 169 g/mol. The van der Waals surface area contributed by atoms with Crippen LogP contribution in [0.4, 0.5) is 4.39 Å². The van der Waals surface area contributed by atoms with E-state index in [0.717, 1.165) is 19.5 Å². The largest absolute Gasteiger partial charge is 0.301 e. The zero-order valence-electron chi connectivity index (χ0n) is 8.02. The Morgan fingerprint density at radius 2 is 2.00 bits per heavy atom. The standard InChI is InChI=1S/C9H17BFN/c1-8(2)12-6-3-4-9(10,11)5-7-12/h8H,3-7H2,1-2H3. The molecular formula is C9H17BFN. The number of nitrogens with zero attached hydrogens (tertiary/aromatic N) is 1. The molecule has 2 radical (unpaired) electrons. The van der Waals surface area contributed by atoms with Crippen molar-refractivity contribution in [2.45, 2.75) is 44.7 Å². The molecule has 1 atom stereocenters. The summed E-state index contributed by atoms with van der Waals surface area (Å²) in [5.41, 5.74) is -1.41. The highest BCUT2D eigenvalue weighted by Gasteiger charge is 2.26. The van der Waals surface area contributed by atoms with Crippen molar-refractivity contribution in [3.63, 3.8) is 0 Å². The maximum atomic E-state index is 13.3. The number of hydrogen-bond acceptors (Lipinski definition) is 1. The fourth-order valence-electron chi connectivity index (χ4n) is 1.66. The summed E-state index contributed by atoms with van der Waals surface area (Å²) in [7, 11) is 5.45.